The number of rotatable bonds is 16. The molecule has 0 bridgehead atoms. The van der Waals surface area contributed by atoms with Crippen LogP contribution < -0.4 is 61.6 Å². The number of aliphatic hydroxyl groups excluding tert-OH is 1. The number of fused-ring (bicyclic) bond motifs is 6. The standard InChI is InChI=1S/C26H30BF4N3O6.C26H31F2N3O6.C14H9BF5NO4.C12H22N2O2.CH4O/c1-25(2,3)39-24(37)32-26-7-5-6-13(26)10-33(12-26)20-17(29)8-14-19(22(20)38-4)34(18-9-16(18)28)11-15(21(14)35)23(36)40-27(30)31;1-25(2,3)37-24(35)29-26-7-5-6-13(26)10-30(12-26)20-17(28)8-14-19(22(20)36-4)31(18-9-16(18)27)11-15(21(14)32)23(33)34;1-24-13-10(18)8(17)2-5-11(13)21(9-3-7(9)16)4-6(12(5)22)14(23)25-15(19)20;1-11(2,3)16-10(15)14-12-6-4-5-9(12)7-13-8-12;1-2/h8,11,13,16,18H,5-7,9-10,12H2,1-4H3,(H,32,37);8,11,13,16,18H,5-7,9-10,12H2,1-4H3,(H,29,35)(H,33,34);2,4,7,9H,3H2,1H3;9,13H,4-8H2,1-3H3,(H,14,15);2H,1H3/t2*13?,16-,18+,26?;7-,9+;;/m000../s1. The van der Waals surface area contributed by atoms with E-state index >= 15 is 8.78 Å². The van der Waals surface area contributed by atoms with E-state index in [4.69, 9.17) is 33.5 Å². The van der Waals surface area contributed by atoms with Gasteiger partial charge in [-0.1, -0.05) is 19.3 Å². The molecule has 41 heteroatoms. The van der Waals surface area contributed by atoms with Gasteiger partial charge >= 0.3 is 51.1 Å². The first-order valence-electron chi connectivity index (χ1n) is 39.1. The highest BCUT2D eigenvalue weighted by atomic mass is 19.2. The van der Waals surface area contributed by atoms with Crippen molar-refractivity contribution >= 4 is 95.2 Å². The van der Waals surface area contributed by atoms with Crippen molar-refractivity contribution in [1.82, 2.24) is 35.0 Å². The minimum Gasteiger partial charge on any atom is -0.492 e. The summed E-state index contributed by atoms with van der Waals surface area (Å²) >= 11 is 0. The van der Waals surface area contributed by atoms with Crippen LogP contribution >= 0.6 is 0 Å². The molecular weight excluding hydrogens is 1610 g/mol. The Morgan fingerprint density at radius 1 is 0.492 bits per heavy atom. The van der Waals surface area contributed by atoms with Crippen molar-refractivity contribution in [2.24, 2.45) is 17.8 Å². The third-order valence-electron chi connectivity index (χ3n) is 22.8. The molecule has 3 amide bonds. The summed E-state index contributed by atoms with van der Waals surface area (Å²) in [6.45, 7) is 19.5. The van der Waals surface area contributed by atoms with Gasteiger partial charge in [0.05, 0.1) is 88.8 Å². The second-order valence-electron chi connectivity index (χ2n) is 34.3. The van der Waals surface area contributed by atoms with Crippen LogP contribution in [0.3, 0.4) is 0 Å². The Bertz CT molecular complexity index is 5170. The molecule has 0 spiro atoms. The lowest BCUT2D eigenvalue weighted by Gasteiger charge is -2.32. The van der Waals surface area contributed by atoms with E-state index in [9.17, 15) is 87.5 Å². The van der Waals surface area contributed by atoms with Crippen LogP contribution in [0, 0.1) is 41.0 Å². The first-order chi connectivity index (χ1) is 56.3. The number of carbonyl (C=O) groups excluding carboxylic acids is 5. The molecule has 6 N–H and O–H groups in total. The van der Waals surface area contributed by atoms with Gasteiger partial charge in [0.15, 0.2) is 34.7 Å². The van der Waals surface area contributed by atoms with Crippen LogP contribution in [0.4, 0.5) is 73.8 Å². The fourth-order valence-corrected chi connectivity index (χ4v) is 17.5. The zero-order valence-electron chi connectivity index (χ0n) is 68.3. The summed E-state index contributed by atoms with van der Waals surface area (Å²) in [6, 6.07) is 0.0536. The number of alkyl carbamates (subject to hydrolysis) is 3. The van der Waals surface area contributed by atoms with Gasteiger partial charge in [-0.25, -0.2) is 72.4 Å². The maximum absolute atomic E-state index is 15.9. The van der Waals surface area contributed by atoms with Crippen molar-refractivity contribution in [3.63, 3.8) is 0 Å². The van der Waals surface area contributed by atoms with E-state index < -0.39 is 177 Å². The maximum atomic E-state index is 15.9. The monoisotopic (exact) mass is 1710 g/mol. The van der Waals surface area contributed by atoms with Gasteiger partial charge in [0.1, 0.15) is 63.4 Å². The van der Waals surface area contributed by atoms with E-state index in [1.54, 1.807) is 51.3 Å². The van der Waals surface area contributed by atoms with E-state index in [1.807, 2.05) is 20.8 Å². The number of nitrogens with one attached hydrogen (secondary N) is 4. The average Bonchev–Trinajstić information content (AvgIpc) is 1.52. The Balaban J connectivity index is 0.000000163. The number of anilines is 2. The number of aromatic carboxylic acids is 1. The topological polar surface area (TPSA) is 337 Å². The van der Waals surface area contributed by atoms with E-state index in [-0.39, 0.29) is 99.5 Å². The van der Waals surface area contributed by atoms with Crippen molar-refractivity contribution in [2.45, 2.75) is 209 Å². The maximum Gasteiger partial charge on any atom is 0.798 e. The summed E-state index contributed by atoms with van der Waals surface area (Å²) in [7, 11) is -2.33. The van der Waals surface area contributed by atoms with Gasteiger partial charge < -0.3 is 92.7 Å². The summed E-state index contributed by atoms with van der Waals surface area (Å²) < 4.78 is 195. The Labute approximate surface area is 681 Å². The number of benzene rings is 3. The largest absolute Gasteiger partial charge is 0.798 e. The van der Waals surface area contributed by atoms with Crippen molar-refractivity contribution < 1.29 is 125 Å². The molecular formula is C79H96B2F11N9O19. The molecule has 9 aliphatic rings. The van der Waals surface area contributed by atoms with Gasteiger partial charge in [-0.2, -0.15) is 4.39 Å². The molecule has 6 heterocycles. The number of nitrogens with zero attached hydrogens (tertiary/aromatic N) is 5. The number of halogens is 11. The predicted molar refractivity (Wildman–Crippen MR) is 417 cm³/mol. The first kappa shape index (κ1) is 90.6. The normalized spacial score (nSPS) is 25.2. The van der Waals surface area contributed by atoms with Crippen molar-refractivity contribution in [3.8, 4) is 17.2 Å². The number of methoxy groups -OCH3 is 3. The minimum absolute atomic E-state index is 0.0105. The summed E-state index contributed by atoms with van der Waals surface area (Å²) in [5.41, 5.74) is -8.34. The van der Waals surface area contributed by atoms with Crippen molar-refractivity contribution in [1.29, 1.82) is 0 Å². The number of aromatic nitrogens is 3. The van der Waals surface area contributed by atoms with Gasteiger partial charge in [-0.05, 0) is 125 Å². The minimum atomic E-state index is -3.48. The third-order valence-corrected chi connectivity index (χ3v) is 22.8. The van der Waals surface area contributed by atoms with Crippen LogP contribution in [0.2, 0.25) is 0 Å². The van der Waals surface area contributed by atoms with E-state index in [0.717, 1.165) is 94.7 Å². The molecule has 0 radical (unpaired) electrons. The van der Waals surface area contributed by atoms with Gasteiger partial charge in [-0.3, -0.25) is 14.4 Å². The van der Waals surface area contributed by atoms with Crippen LogP contribution in [0.1, 0.15) is 189 Å². The molecule has 3 aliphatic heterocycles. The third kappa shape index (κ3) is 18.8. The lowest BCUT2D eigenvalue weighted by molar-refractivity contribution is 0.0437. The average molecular weight is 1710 g/mol. The number of hydrogen-bond acceptors (Lipinski definition) is 21. The molecule has 6 saturated carbocycles. The van der Waals surface area contributed by atoms with Gasteiger partial charge in [0, 0.05) is 96.1 Å². The number of amides is 3. The number of aliphatic hydroxyl groups is 1. The second kappa shape index (κ2) is 34.7. The van der Waals surface area contributed by atoms with Gasteiger partial charge in [0.2, 0.25) is 22.1 Å². The van der Waals surface area contributed by atoms with Crippen molar-refractivity contribution in [3.05, 3.63) is 107 Å². The molecule has 6 unspecified atom stereocenters. The van der Waals surface area contributed by atoms with Gasteiger partial charge in [0.25, 0.3) is 0 Å². The Morgan fingerprint density at radius 3 is 1.14 bits per heavy atom. The molecule has 120 heavy (non-hydrogen) atoms. The first-order valence-corrected chi connectivity index (χ1v) is 39.1. The zero-order valence-corrected chi connectivity index (χ0v) is 68.3. The van der Waals surface area contributed by atoms with Crippen LogP contribution in [-0.4, -0.2) is 195 Å². The van der Waals surface area contributed by atoms with Crippen LogP contribution in [-0.2, 0) is 23.5 Å². The summed E-state index contributed by atoms with van der Waals surface area (Å²) in [6.07, 6.45) is 6.02. The number of carbonyl (C=O) groups is 6. The highest BCUT2D eigenvalue weighted by molar-refractivity contribution is 6.38. The van der Waals surface area contributed by atoms with E-state index in [2.05, 4.69) is 30.6 Å². The molecule has 6 aliphatic carbocycles. The highest BCUT2D eigenvalue weighted by Gasteiger charge is 2.55. The van der Waals surface area contributed by atoms with Crippen LogP contribution in [0.5, 0.6) is 17.2 Å². The second-order valence-corrected chi connectivity index (χ2v) is 34.3. The predicted octanol–water partition coefficient (Wildman–Crippen LogP) is 12.3. The van der Waals surface area contributed by atoms with Crippen molar-refractivity contribution in [2.75, 3.05) is 77.5 Å². The summed E-state index contributed by atoms with van der Waals surface area (Å²) in [5.74, 6) is -9.26. The number of pyridine rings is 3. The molecule has 15 rings (SSSR count). The van der Waals surface area contributed by atoms with Gasteiger partial charge in [-0.15, -0.1) is 0 Å². The number of carboxylic acid groups (broad SMARTS) is 1. The molecule has 3 aromatic heterocycles. The Morgan fingerprint density at radius 2 is 0.808 bits per heavy atom. The number of ether oxygens (including phenoxy) is 6. The Kier molecular flexibility index (Phi) is 26.2. The molecule has 6 aromatic rings. The van der Waals surface area contributed by atoms with E-state index in [1.165, 1.54) is 36.2 Å². The summed E-state index contributed by atoms with van der Waals surface area (Å²) in [4.78, 5) is 115. The molecule has 12 atom stereocenters. The lowest BCUT2D eigenvalue weighted by Crippen LogP contribution is -2.53. The van der Waals surface area contributed by atoms with E-state index in [0.29, 0.717) is 44.5 Å². The zero-order chi connectivity index (χ0) is 88.3. The molecule has 9 fully saturated rings. The fraction of sp³-hybridized carbons (Fsp3) is 0.582. The Hall–Kier alpha value is -10.2. The molecule has 28 nitrogen and oxygen atoms in total. The SMILES string of the molecule is CC(C)(C)OC(=O)NC12CCCC1CNC2.CO.COc1c(F)c(F)cc2c(=O)c(C(=O)OB(F)F)cn([C@@H]3C[C@@H]3F)c12.COc1c(N2CC3CCCC3(NC(=O)OC(C)(C)C)C2)c(F)cc2c(=O)c(C(=O)O)cn([C@@H]3C[C@@H]3F)c12.COc1c(N2CC3CCCC3(NC(=O)OC(C)(C)C)C2)c(F)cc2c(=O)c(C(=O)OB(F)F)cn([C@@H]3C[C@@H]3F)c12. The van der Waals surface area contributed by atoms with Crippen LogP contribution in [0.25, 0.3) is 32.7 Å². The summed E-state index contributed by atoms with van der Waals surface area (Å²) in [5, 5.41) is 28.0. The fourth-order valence-electron chi connectivity index (χ4n) is 17.5. The smallest absolute Gasteiger partial charge is 0.492 e. The number of hydrogen-bond donors (Lipinski definition) is 6. The van der Waals surface area contributed by atoms with Crippen LogP contribution in [0.15, 0.2) is 51.2 Å². The number of carboxylic acids is 1. The molecule has 654 valence electrons. The quantitative estimate of drug-likeness (QED) is 0.0298. The number of alkyl halides is 3. The lowest BCUT2D eigenvalue weighted by atomic mass is 9.91. The molecule has 3 saturated heterocycles. The molecule has 3 aromatic carbocycles. The highest BCUT2D eigenvalue weighted by Crippen LogP contribution is 2.53.